The highest BCUT2D eigenvalue weighted by Crippen LogP contribution is 2.55. The molecule has 2 saturated heterocycles. The van der Waals surface area contributed by atoms with Crippen LogP contribution in [0.4, 0.5) is 5.69 Å². The van der Waals surface area contributed by atoms with Gasteiger partial charge in [-0.25, -0.2) is 0 Å². The number of carbonyl (C=O) groups is 3. The van der Waals surface area contributed by atoms with Crippen LogP contribution in [-0.2, 0) is 14.3 Å². The molecule has 3 heterocycles. The van der Waals surface area contributed by atoms with E-state index in [0.717, 1.165) is 11.1 Å². The van der Waals surface area contributed by atoms with E-state index >= 15 is 4.79 Å². The Bertz CT molecular complexity index is 1780. The van der Waals surface area contributed by atoms with Crippen molar-refractivity contribution in [2.45, 2.75) is 37.1 Å². The van der Waals surface area contributed by atoms with Crippen LogP contribution in [0, 0.1) is 12.3 Å². The second kappa shape index (κ2) is 11.7. The third kappa shape index (κ3) is 4.61. The minimum absolute atomic E-state index is 0.0221. The molecule has 7 rings (SSSR count). The van der Waals surface area contributed by atoms with Crippen LogP contribution >= 0.6 is 0 Å². The van der Waals surface area contributed by atoms with Crippen molar-refractivity contribution >= 4 is 23.3 Å². The number of rotatable bonds is 7. The van der Waals surface area contributed by atoms with Crippen LogP contribution in [0.25, 0.3) is 0 Å². The van der Waals surface area contributed by atoms with Gasteiger partial charge in [0, 0.05) is 17.6 Å². The number of hydrogen-bond donors (Lipinski definition) is 1. The molecule has 0 bridgehead atoms. The highest BCUT2D eigenvalue weighted by molar-refractivity contribution is 6.09. The number of methoxy groups -OCH3 is 2. The number of nitrogens with one attached hydrogen (secondary N) is 1. The highest BCUT2D eigenvalue weighted by Gasteiger charge is 2.70. The summed E-state index contributed by atoms with van der Waals surface area (Å²) in [4.78, 5) is 44.3. The van der Waals surface area contributed by atoms with Crippen LogP contribution < -0.4 is 24.4 Å². The maximum atomic E-state index is 15.0. The average Bonchev–Trinajstić information content (AvgIpc) is 3.42. The van der Waals surface area contributed by atoms with Gasteiger partial charge in [-0.15, -0.1) is 0 Å². The third-order valence-electron chi connectivity index (χ3n) is 9.50. The van der Waals surface area contributed by atoms with E-state index in [4.69, 9.17) is 18.9 Å². The number of amides is 1. The van der Waals surface area contributed by atoms with Crippen LogP contribution in [-0.4, -0.2) is 62.7 Å². The number of carbonyl (C=O) groups excluding carboxylic acids is 3. The number of ether oxygens (including phenoxy) is 4. The molecule has 9 heteroatoms. The Morgan fingerprint density at radius 2 is 1.57 bits per heavy atom. The van der Waals surface area contributed by atoms with Crippen LogP contribution in [0.2, 0.25) is 0 Å². The zero-order valence-corrected chi connectivity index (χ0v) is 25.7. The highest BCUT2D eigenvalue weighted by atomic mass is 16.5. The van der Waals surface area contributed by atoms with Gasteiger partial charge in [0.15, 0.2) is 11.9 Å². The largest absolute Gasteiger partial charge is 0.497 e. The number of Topliss-reactive ketones (excluding diaryl/α,β-unsaturated/α-hetero) is 1. The van der Waals surface area contributed by atoms with Crippen LogP contribution in [0.1, 0.15) is 27.4 Å². The summed E-state index contributed by atoms with van der Waals surface area (Å²) >= 11 is 0. The molecule has 0 radical (unpaired) electrons. The Labute approximate surface area is 267 Å². The number of esters is 1. The van der Waals surface area contributed by atoms with Crippen LogP contribution in [0.15, 0.2) is 103 Å². The lowest BCUT2D eigenvalue weighted by atomic mass is 9.61. The molecule has 46 heavy (non-hydrogen) atoms. The summed E-state index contributed by atoms with van der Waals surface area (Å²) in [6, 6.07) is 28.8. The smallest absolute Gasteiger partial charge is 0.323 e. The molecule has 234 valence electrons. The monoisotopic (exact) mass is 618 g/mol. The second-order valence-electron chi connectivity index (χ2n) is 11.9. The molecule has 4 aromatic carbocycles. The molecule has 2 fully saturated rings. The SMILES string of the molecule is COC(=O)[C@@H]1N[C@H]([C@H]2[C@H](Oc3ccccc3)C(=O)N2c2ccc(OC)cc2)[C@@]2(COc3ccccc3C2=O)[C@H]1c1ccc(C)cc1. The summed E-state index contributed by atoms with van der Waals surface area (Å²) in [5.74, 6) is 0.000470. The van der Waals surface area contributed by atoms with Crippen LogP contribution in [0.3, 0.4) is 0 Å². The number of β-lactam (4-membered cyclic amide) rings is 1. The minimum Gasteiger partial charge on any atom is -0.497 e. The Balaban J connectivity index is 1.42. The van der Waals surface area contributed by atoms with Gasteiger partial charge < -0.3 is 23.8 Å². The summed E-state index contributed by atoms with van der Waals surface area (Å²) < 4.78 is 23.5. The van der Waals surface area contributed by atoms with Gasteiger partial charge in [0.2, 0.25) is 0 Å². The Hall–Kier alpha value is -5.15. The summed E-state index contributed by atoms with van der Waals surface area (Å²) in [6.45, 7) is 1.96. The molecule has 1 spiro atoms. The lowest BCUT2D eigenvalue weighted by Crippen LogP contribution is -2.76. The van der Waals surface area contributed by atoms with Crippen molar-refractivity contribution in [3.8, 4) is 17.2 Å². The van der Waals surface area contributed by atoms with Gasteiger partial charge in [0.25, 0.3) is 5.91 Å². The van der Waals surface area contributed by atoms with Crippen molar-refractivity contribution in [1.82, 2.24) is 5.32 Å². The summed E-state index contributed by atoms with van der Waals surface area (Å²) in [5.41, 5.74) is 1.54. The Morgan fingerprint density at radius 3 is 2.26 bits per heavy atom. The lowest BCUT2D eigenvalue weighted by Gasteiger charge is -2.53. The van der Waals surface area contributed by atoms with Crippen molar-refractivity contribution in [2.75, 3.05) is 25.7 Å². The molecule has 9 nitrogen and oxygen atoms in total. The Morgan fingerprint density at radius 1 is 0.870 bits per heavy atom. The first-order valence-electron chi connectivity index (χ1n) is 15.2. The summed E-state index contributed by atoms with van der Waals surface area (Å²) in [5, 5.41) is 3.51. The number of aryl methyl sites for hydroxylation is 1. The van der Waals surface area contributed by atoms with Gasteiger partial charge in [-0.2, -0.15) is 0 Å². The fourth-order valence-corrected chi connectivity index (χ4v) is 7.30. The molecule has 1 amide bonds. The molecule has 0 saturated carbocycles. The molecular formula is C37H34N2O7. The van der Waals surface area contributed by atoms with Gasteiger partial charge in [0.1, 0.15) is 29.9 Å². The van der Waals surface area contributed by atoms with Crippen molar-refractivity contribution in [2.24, 2.45) is 5.41 Å². The van der Waals surface area contributed by atoms with E-state index < -0.39 is 41.5 Å². The number of anilines is 1. The molecule has 0 unspecified atom stereocenters. The molecule has 1 N–H and O–H groups in total. The number of fused-ring (bicyclic) bond motifs is 1. The zero-order chi connectivity index (χ0) is 32.0. The number of para-hydroxylation sites is 2. The first kappa shape index (κ1) is 29.6. The second-order valence-corrected chi connectivity index (χ2v) is 11.9. The molecule has 3 aliphatic rings. The number of benzene rings is 4. The van der Waals surface area contributed by atoms with Gasteiger partial charge in [0.05, 0.1) is 31.2 Å². The molecule has 4 aromatic rings. The quantitative estimate of drug-likeness (QED) is 0.235. The minimum atomic E-state index is -1.32. The van der Waals surface area contributed by atoms with Crippen molar-refractivity contribution in [3.63, 3.8) is 0 Å². The maximum Gasteiger partial charge on any atom is 0.323 e. The van der Waals surface area contributed by atoms with E-state index in [-0.39, 0.29) is 18.3 Å². The normalized spacial score (nSPS) is 26.6. The molecule has 3 aliphatic heterocycles. The van der Waals surface area contributed by atoms with E-state index in [0.29, 0.717) is 28.5 Å². The van der Waals surface area contributed by atoms with Crippen molar-refractivity contribution in [1.29, 1.82) is 0 Å². The molecule has 0 aromatic heterocycles. The first-order valence-corrected chi connectivity index (χ1v) is 15.2. The first-order chi connectivity index (χ1) is 22.4. The lowest BCUT2D eigenvalue weighted by molar-refractivity contribution is -0.143. The predicted octanol–water partition coefficient (Wildman–Crippen LogP) is 4.73. The van der Waals surface area contributed by atoms with E-state index in [1.807, 2.05) is 55.5 Å². The number of hydrogen-bond acceptors (Lipinski definition) is 8. The molecule has 6 atom stereocenters. The fraction of sp³-hybridized carbons (Fsp3) is 0.270. The maximum absolute atomic E-state index is 15.0. The number of nitrogens with zero attached hydrogens (tertiary/aromatic N) is 1. The number of ketones is 1. The average molecular weight is 619 g/mol. The van der Waals surface area contributed by atoms with Gasteiger partial charge in [-0.1, -0.05) is 60.2 Å². The summed E-state index contributed by atoms with van der Waals surface area (Å²) in [6.07, 6.45) is -0.959. The van der Waals surface area contributed by atoms with E-state index in [9.17, 15) is 9.59 Å². The van der Waals surface area contributed by atoms with Gasteiger partial charge in [-0.3, -0.25) is 19.7 Å². The predicted molar refractivity (Wildman–Crippen MR) is 170 cm³/mol. The van der Waals surface area contributed by atoms with Crippen molar-refractivity contribution < 1.29 is 33.3 Å². The fourth-order valence-electron chi connectivity index (χ4n) is 7.30. The zero-order valence-electron chi connectivity index (χ0n) is 25.7. The molecular weight excluding hydrogens is 584 g/mol. The van der Waals surface area contributed by atoms with Crippen molar-refractivity contribution in [3.05, 3.63) is 120 Å². The van der Waals surface area contributed by atoms with Gasteiger partial charge >= 0.3 is 5.97 Å². The van der Waals surface area contributed by atoms with E-state index in [2.05, 4.69) is 5.32 Å². The Kier molecular flexibility index (Phi) is 7.49. The van der Waals surface area contributed by atoms with E-state index in [1.54, 1.807) is 66.6 Å². The van der Waals surface area contributed by atoms with E-state index in [1.165, 1.54) is 7.11 Å². The topological polar surface area (TPSA) is 103 Å². The third-order valence-corrected chi connectivity index (χ3v) is 9.50. The summed E-state index contributed by atoms with van der Waals surface area (Å²) in [7, 11) is 2.91. The van der Waals surface area contributed by atoms with Crippen LogP contribution in [0.5, 0.6) is 17.2 Å². The standard InChI is InChI=1S/C37H34N2O7/c1-22-13-15-23(16-14-22)29-30(36(42)44-3)38-33(37(29)21-45-28-12-8-7-11-27(28)34(37)40)31-32(46-26-9-5-4-6-10-26)35(41)39(31)24-17-19-25(43-2)20-18-24/h4-20,29-33,38H,21H2,1-3H3/t29-,30+,31+,32-,33+,37+/m0/s1. The molecule has 0 aliphatic carbocycles. The van der Waals surface area contributed by atoms with Gasteiger partial charge in [-0.05, 0) is 61.0 Å².